The lowest BCUT2D eigenvalue weighted by Crippen LogP contribution is -2.36. The average Bonchev–Trinajstić information content (AvgIpc) is 3.19. The summed E-state index contributed by atoms with van der Waals surface area (Å²) >= 11 is 1.51. The van der Waals surface area contributed by atoms with Crippen LogP contribution in [0, 0.1) is 0 Å². The molecule has 0 N–H and O–H groups in total. The third-order valence-corrected chi connectivity index (χ3v) is 5.81. The lowest BCUT2D eigenvalue weighted by atomic mass is 10.2. The number of likely N-dealkylation sites (N-methyl/N-ethyl adjacent to an activating group) is 1. The molecule has 0 saturated heterocycles. The van der Waals surface area contributed by atoms with Gasteiger partial charge in [-0.2, -0.15) is 0 Å². The van der Waals surface area contributed by atoms with Gasteiger partial charge in [0, 0.05) is 18.7 Å². The van der Waals surface area contributed by atoms with Gasteiger partial charge >= 0.3 is 0 Å². The summed E-state index contributed by atoms with van der Waals surface area (Å²) in [7, 11) is 3.99. The van der Waals surface area contributed by atoms with E-state index >= 15 is 0 Å². The van der Waals surface area contributed by atoms with Crippen LogP contribution >= 0.6 is 11.3 Å². The molecule has 0 aliphatic heterocycles. The van der Waals surface area contributed by atoms with Crippen LogP contribution in [0.15, 0.2) is 42.5 Å². The van der Waals surface area contributed by atoms with Crippen LogP contribution in [0.5, 0.6) is 11.5 Å². The number of amides is 1. The maximum atomic E-state index is 13.5. The van der Waals surface area contributed by atoms with Crippen LogP contribution in [-0.2, 0) is 0 Å². The molecule has 7 heteroatoms. The average molecular weight is 442 g/mol. The van der Waals surface area contributed by atoms with Crippen molar-refractivity contribution in [3.63, 3.8) is 0 Å². The van der Waals surface area contributed by atoms with Gasteiger partial charge in [-0.15, -0.1) is 0 Å². The Kier molecular flexibility index (Phi) is 8.26. The first kappa shape index (κ1) is 23.0. The number of carbonyl (C=O) groups excluding carboxylic acids is 1. The second-order valence-electron chi connectivity index (χ2n) is 7.52. The van der Waals surface area contributed by atoms with E-state index in [0.29, 0.717) is 30.5 Å². The number of unbranched alkanes of at least 4 members (excludes halogenated alkanes) is 1. The molecule has 0 aliphatic rings. The number of ether oxygens (including phenoxy) is 2. The summed E-state index contributed by atoms with van der Waals surface area (Å²) in [6.07, 6.45) is 2.05. The molecule has 0 saturated carbocycles. The topological polar surface area (TPSA) is 54.9 Å². The molecule has 0 radical (unpaired) electrons. The molecule has 166 valence electrons. The zero-order chi connectivity index (χ0) is 22.2. The predicted octanol–water partition coefficient (Wildman–Crippen LogP) is 5.08. The third kappa shape index (κ3) is 5.95. The van der Waals surface area contributed by atoms with Crippen LogP contribution in [0.25, 0.3) is 10.2 Å². The summed E-state index contributed by atoms with van der Waals surface area (Å²) in [4.78, 5) is 22.1. The molecule has 1 heterocycles. The van der Waals surface area contributed by atoms with E-state index < -0.39 is 0 Å². The maximum absolute atomic E-state index is 13.5. The van der Waals surface area contributed by atoms with Crippen molar-refractivity contribution >= 4 is 32.6 Å². The monoisotopic (exact) mass is 441 g/mol. The lowest BCUT2D eigenvalue weighted by molar-refractivity contribution is 0.0984. The molecule has 0 atom stereocenters. The van der Waals surface area contributed by atoms with Crippen molar-refractivity contribution < 1.29 is 14.3 Å². The molecule has 1 aromatic heterocycles. The fourth-order valence-electron chi connectivity index (χ4n) is 3.09. The number of hydrogen-bond acceptors (Lipinski definition) is 6. The van der Waals surface area contributed by atoms with Crippen molar-refractivity contribution in [2.24, 2.45) is 0 Å². The summed E-state index contributed by atoms with van der Waals surface area (Å²) in [5.74, 6) is 1.38. The SMILES string of the molecule is CCCCOc1cccc(C(=O)N(CCN(C)C)c2nc3c(OCC)cccc3s2)c1. The number of para-hydroxylation sites is 1. The fourth-order valence-corrected chi connectivity index (χ4v) is 4.10. The van der Waals surface area contributed by atoms with Crippen molar-refractivity contribution in [1.82, 2.24) is 9.88 Å². The molecule has 6 nitrogen and oxygen atoms in total. The van der Waals surface area contributed by atoms with Crippen molar-refractivity contribution in [3.8, 4) is 11.5 Å². The van der Waals surface area contributed by atoms with Crippen molar-refractivity contribution in [3.05, 3.63) is 48.0 Å². The summed E-state index contributed by atoms with van der Waals surface area (Å²) < 4.78 is 12.5. The van der Waals surface area contributed by atoms with Crippen LogP contribution in [0.3, 0.4) is 0 Å². The molecule has 0 aliphatic carbocycles. The first-order valence-corrected chi connectivity index (χ1v) is 11.6. The molecular formula is C24H31N3O3S. The Labute approximate surface area is 188 Å². The zero-order valence-electron chi connectivity index (χ0n) is 18.8. The van der Waals surface area contributed by atoms with E-state index in [1.165, 1.54) is 11.3 Å². The standard InChI is InChI=1S/C24H31N3O3S/c1-5-7-16-30-19-11-8-10-18(17-19)23(28)27(15-14-26(3)4)24-25-22-20(29-6-2)12-9-13-21(22)31-24/h8-13,17H,5-7,14-16H2,1-4H3. The minimum Gasteiger partial charge on any atom is -0.494 e. The molecule has 0 fully saturated rings. The van der Waals surface area contributed by atoms with Gasteiger partial charge in [-0.25, -0.2) is 4.98 Å². The van der Waals surface area contributed by atoms with Gasteiger partial charge < -0.3 is 14.4 Å². The van der Waals surface area contributed by atoms with E-state index in [4.69, 9.17) is 14.5 Å². The molecule has 1 amide bonds. The van der Waals surface area contributed by atoms with E-state index in [-0.39, 0.29) is 5.91 Å². The van der Waals surface area contributed by atoms with Crippen molar-refractivity contribution in [2.45, 2.75) is 26.7 Å². The molecule has 0 unspecified atom stereocenters. The molecule has 31 heavy (non-hydrogen) atoms. The smallest absolute Gasteiger partial charge is 0.260 e. The number of aromatic nitrogens is 1. The largest absolute Gasteiger partial charge is 0.494 e. The van der Waals surface area contributed by atoms with E-state index in [0.717, 1.165) is 41.1 Å². The van der Waals surface area contributed by atoms with Crippen LogP contribution in [0.1, 0.15) is 37.0 Å². The van der Waals surface area contributed by atoms with Gasteiger partial charge in [0.05, 0.1) is 17.9 Å². The number of hydrogen-bond donors (Lipinski definition) is 0. The van der Waals surface area contributed by atoms with Gasteiger partial charge in [-0.05, 0) is 57.8 Å². The van der Waals surface area contributed by atoms with Crippen LogP contribution < -0.4 is 14.4 Å². The van der Waals surface area contributed by atoms with Gasteiger partial charge in [0.1, 0.15) is 17.0 Å². The highest BCUT2D eigenvalue weighted by molar-refractivity contribution is 7.22. The predicted molar refractivity (Wildman–Crippen MR) is 128 cm³/mol. The number of rotatable bonds is 11. The number of thiazole rings is 1. The Hall–Kier alpha value is -2.64. The first-order chi connectivity index (χ1) is 15.0. The van der Waals surface area contributed by atoms with E-state index in [9.17, 15) is 4.79 Å². The Morgan fingerprint density at radius 2 is 1.87 bits per heavy atom. The molecule has 2 aromatic carbocycles. The van der Waals surface area contributed by atoms with E-state index in [1.807, 2.05) is 63.5 Å². The molecule has 3 aromatic rings. The number of anilines is 1. The first-order valence-electron chi connectivity index (χ1n) is 10.7. The molecule has 0 spiro atoms. The Morgan fingerprint density at radius 1 is 1.06 bits per heavy atom. The van der Waals surface area contributed by atoms with Gasteiger partial charge in [0.2, 0.25) is 0 Å². The van der Waals surface area contributed by atoms with E-state index in [1.54, 1.807) is 4.90 Å². The Balaban J connectivity index is 1.92. The summed E-state index contributed by atoms with van der Waals surface area (Å²) in [6.45, 7) is 6.56. The van der Waals surface area contributed by atoms with Crippen molar-refractivity contribution in [2.75, 3.05) is 45.3 Å². The Morgan fingerprint density at radius 3 is 2.61 bits per heavy atom. The van der Waals surface area contributed by atoms with Gasteiger partial charge in [-0.1, -0.05) is 36.8 Å². The van der Waals surface area contributed by atoms with Gasteiger partial charge in [0.15, 0.2) is 5.13 Å². The second-order valence-corrected chi connectivity index (χ2v) is 8.53. The van der Waals surface area contributed by atoms with Gasteiger partial charge in [-0.3, -0.25) is 9.69 Å². The summed E-state index contributed by atoms with van der Waals surface area (Å²) in [5.41, 5.74) is 1.39. The second kappa shape index (κ2) is 11.1. The summed E-state index contributed by atoms with van der Waals surface area (Å²) in [5, 5.41) is 0.673. The number of nitrogens with zero attached hydrogens (tertiary/aromatic N) is 3. The normalized spacial score (nSPS) is 11.1. The van der Waals surface area contributed by atoms with Crippen LogP contribution in [0.4, 0.5) is 5.13 Å². The molecule has 0 bridgehead atoms. The highest BCUT2D eigenvalue weighted by atomic mass is 32.1. The number of carbonyl (C=O) groups is 1. The number of fused-ring (bicyclic) bond motifs is 1. The van der Waals surface area contributed by atoms with Crippen LogP contribution in [-0.4, -0.2) is 56.2 Å². The fraction of sp³-hybridized carbons (Fsp3) is 0.417. The third-order valence-electron chi connectivity index (χ3n) is 4.76. The van der Waals surface area contributed by atoms with Crippen molar-refractivity contribution in [1.29, 1.82) is 0 Å². The van der Waals surface area contributed by atoms with E-state index in [2.05, 4.69) is 11.8 Å². The highest BCUT2D eigenvalue weighted by Crippen LogP contribution is 2.35. The minimum atomic E-state index is -0.0835. The minimum absolute atomic E-state index is 0.0835. The lowest BCUT2D eigenvalue weighted by Gasteiger charge is -2.22. The highest BCUT2D eigenvalue weighted by Gasteiger charge is 2.22. The zero-order valence-corrected chi connectivity index (χ0v) is 19.6. The van der Waals surface area contributed by atoms with Gasteiger partial charge in [0.25, 0.3) is 5.91 Å². The Bertz CT molecular complexity index is 1000. The molecule has 3 rings (SSSR count). The number of benzene rings is 2. The maximum Gasteiger partial charge on any atom is 0.260 e. The summed E-state index contributed by atoms with van der Waals surface area (Å²) in [6, 6.07) is 13.3. The van der Waals surface area contributed by atoms with Crippen LogP contribution in [0.2, 0.25) is 0 Å². The molecular weight excluding hydrogens is 410 g/mol. The quantitative estimate of drug-likeness (QED) is 0.388.